The summed E-state index contributed by atoms with van der Waals surface area (Å²) in [6, 6.07) is -0.0827. The van der Waals surface area contributed by atoms with Crippen LogP contribution in [-0.2, 0) is 4.79 Å². The van der Waals surface area contributed by atoms with Crippen LogP contribution in [0.2, 0.25) is 0 Å². The van der Waals surface area contributed by atoms with Crippen LogP contribution in [0.4, 0.5) is 4.79 Å². The molecule has 0 aromatic heterocycles. The van der Waals surface area contributed by atoms with E-state index in [0.29, 0.717) is 25.9 Å². The Labute approximate surface area is 102 Å². The molecule has 1 aliphatic heterocycles. The van der Waals surface area contributed by atoms with Crippen molar-refractivity contribution in [3.05, 3.63) is 0 Å². The molecule has 5 nitrogen and oxygen atoms in total. The van der Waals surface area contributed by atoms with E-state index in [-0.39, 0.29) is 17.5 Å². The highest BCUT2D eigenvalue weighted by Crippen LogP contribution is 2.18. The van der Waals surface area contributed by atoms with Crippen molar-refractivity contribution in [2.45, 2.75) is 45.6 Å². The van der Waals surface area contributed by atoms with Gasteiger partial charge in [-0.3, -0.25) is 4.79 Å². The molecule has 0 spiro atoms. The van der Waals surface area contributed by atoms with Crippen LogP contribution < -0.4 is 5.32 Å². The highest BCUT2D eigenvalue weighted by atomic mass is 16.4. The number of piperidine rings is 1. The lowest BCUT2D eigenvalue weighted by Crippen LogP contribution is -2.52. The van der Waals surface area contributed by atoms with Crippen LogP contribution in [0.3, 0.4) is 0 Å². The van der Waals surface area contributed by atoms with Gasteiger partial charge in [-0.2, -0.15) is 0 Å². The molecule has 1 heterocycles. The van der Waals surface area contributed by atoms with Gasteiger partial charge in [-0.25, -0.2) is 4.79 Å². The summed E-state index contributed by atoms with van der Waals surface area (Å²) >= 11 is 0. The van der Waals surface area contributed by atoms with Crippen LogP contribution in [0.15, 0.2) is 0 Å². The van der Waals surface area contributed by atoms with Crippen LogP contribution in [0.1, 0.15) is 40.0 Å². The minimum atomic E-state index is -0.751. The van der Waals surface area contributed by atoms with Gasteiger partial charge in [0.15, 0.2) is 0 Å². The molecule has 1 aliphatic rings. The summed E-state index contributed by atoms with van der Waals surface area (Å²) in [4.78, 5) is 24.4. The van der Waals surface area contributed by atoms with Gasteiger partial charge < -0.3 is 15.3 Å². The molecule has 0 aliphatic carbocycles. The molecule has 0 aromatic rings. The Morgan fingerprint density at radius 3 is 2.29 bits per heavy atom. The number of likely N-dealkylation sites (tertiary alicyclic amines) is 1. The van der Waals surface area contributed by atoms with Crippen molar-refractivity contribution in [2.24, 2.45) is 5.92 Å². The fourth-order valence-corrected chi connectivity index (χ4v) is 1.79. The third-order valence-corrected chi connectivity index (χ3v) is 3.46. The van der Waals surface area contributed by atoms with Gasteiger partial charge in [0, 0.05) is 18.6 Å². The summed E-state index contributed by atoms with van der Waals surface area (Å²) in [5.74, 6) is -1.04. The van der Waals surface area contributed by atoms with Gasteiger partial charge in [-0.15, -0.1) is 0 Å². The summed E-state index contributed by atoms with van der Waals surface area (Å²) in [5.41, 5.74) is -0.208. The number of carboxylic acid groups (broad SMARTS) is 1. The van der Waals surface area contributed by atoms with E-state index in [1.165, 1.54) is 0 Å². The molecule has 0 unspecified atom stereocenters. The van der Waals surface area contributed by atoms with E-state index < -0.39 is 5.97 Å². The second-order valence-corrected chi connectivity index (χ2v) is 5.27. The second kappa shape index (κ2) is 5.38. The molecule has 0 radical (unpaired) electrons. The third kappa shape index (κ3) is 3.91. The molecule has 0 aromatic carbocycles. The Kier molecular flexibility index (Phi) is 4.37. The number of carbonyl (C=O) groups excluding carboxylic acids is 1. The maximum Gasteiger partial charge on any atom is 0.317 e. The molecule has 2 N–H and O–H groups in total. The van der Waals surface area contributed by atoms with Gasteiger partial charge in [-0.1, -0.05) is 6.92 Å². The standard InChI is InChI=1S/C12H22N2O3/c1-4-12(2,3)13-11(17)14-7-5-9(6-8-14)10(15)16/h9H,4-8H2,1-3H3,(H,13,17)(H,15,16). The molecule has 2 amide bonds. The number of urea groups is 1. The van der Waals surface area contributed by atoms with Crippen molar-refractivity contribution >= 4 is 12.0 Å². The Bertz CT molecular complexity index is 294. The van der Waals surface area contributed by atoms with Crippen LogP contribution in [0.25, 0.3) is 0 Å². The maximum atomic E-state index is 11.9. The average molecular weight is 242 g/mol. The second-order valence-electron chi connectivity index (χ2n) is 5.27. The van der Waals surface area contributed by atoms with E-state index >= 15 is 0 Å². The fraction of sp³-hybridized carbons (Fsp3) is 0.833. The van der Waals surface area contributed by atoms with E-state index in [0.717, 1.165) is 6.42 Å². The quantitative estimate of drug-likeness (QED) is 0.791. The van der Waals surface area contributed by atoms with Gasteiger partial charge in [0.1, 0.15) is 0 Å². The number of amides is 2. The van der Waals surface area contributed by atoms with Gasteiger partial charge in [0.2, 0.25) is 0 Å². The maximum absolute atomic E-state index is 11.9. The first-order chi connectivity index (χ1) is 7.85. The first kappa shape index (κ1) is 13.8. The fourth-order valence-electron chi connectivity index (χ4n) is 1.79. The zero-order chi connectivity index (χ0) is 13.1. The van der Waals surface area contributed by atoms with E-state index in [9.17, 15) is 9.59 Å². The number of aliphatic carboxylic acids is 1. The van der Waals surface area contributed by atoms with Crippen molar-refractivity contribution in [3.8, 4) is 0 Å². The average Bonchev–Trinajstić information content (AvgIpc) is 2.28. The number of carboxylic acids is 1. The lowest BCUT2D eigenvalue weighted by molar-refractivity contribution is -0.143. The minimum Gasteiger partial charge on any atom is -0.481 e. The number of nitrogens with zero attached hydrogens (tertiary/aromatic N) is 1. The number of carbonyl (C=O) groups is 2. The molecule has 17 heavy (non-hydrogen) atoms. The molecular formula is C12H22N2O3. The number of hydrogen-bond donors (Lipinski definition) is 2. The lowest BCUT2D eigenvalue weighted by atomic mass is 9.97. The Balaban J connectivity index is 2.44. The van der Waals surface area contributed by atoms with Crippen LogP contribution >= 0.6 is 0 Å². The summed E-state index contributed by atoms with van der Waals surface area (Å²) in [6.07, 6.45) is 1.97. The molecule has 0 saturated carbocycles. The Morgan fingerprint density at radius 1 is 1.35 bits per heavy atom. The predicted octanol–water partition coefficient (Wildman–Crippen LogP) is 1.68. The number of hydrogen-bond acceptors (Lipinski definition) is 2. The summed E-state index contributed by atoms with van der Waals surface area (Å²) < 4.78 is 0. The first-order valence-corrected chi connectivity index (χ1v) is 6.15. The smallest absolute Gasteiger partial charge is 0.317 e. The molecule has 1 rings (SSSR count). The molecule has 5 heteroatoms. The van der Waals surface area contributed by atoms with Crippen molar-refractivity contribution in [1.29, 1.82) is 0 Å². The topological polar surface area (TPSA) is 69.6 Å². The van der Waals surface area contributed by atoms with E-state index in [1.807, 2.05) is 20.8 Å². The zero-order valence-corrected chi connectivity index (χ0v) is 10.8. The molecular weight excluding hydrogens is 220 g/mol. The zero-order valence-electron chi connectivity index (χ0n) is 10.8. The largest absolute Gasteiger partial charge is 0.481 e. The highest BCUT2D eigenvalue weighted by molar-refractivity contribution is 5.76. The van der Waals surface area contributed by atoms with Crippen LogP contribution in [0, 0.1) is 5.92 Å². The number of nitrogens with one attached hydrogen (secondary N) is 1. The van der Waals surface area contributed by atoms with Gasteiger partial charge in [-0.05, 0) is 33.1 Å². The Hall–Kier alpha value is -1.26. The van der Waals surface area contributed by atoms with Gasteiger partial charge in [0.25, 0.3) is 0 Å². The summed E-state index contributed by atoms with van der Waals surface area (Å²) in [5, 5.41) is 11.8. The lowest BCUT2D eigenvalue weighted by Gasteiger charge is -2.34. The predicted molar refractivity (Wildman–Crippen MR) is 64.8 cm³/mol. The van der Waals surface area contributed by atoms with Crippen LogP contribution in [0.5, 0.6) is 0 Å². The van der Waals surface area contributed by atoms with E-state index in [4.69, 9.17) is 5.11 Å². The number of rotatable bonds is 3. The molecule has 0 bridgehead atoms. The third-order valence-electron chi connectivity index (χ3n) is 3.46. The van der Waals surface area contributed by atoms with Gasteiger partial charge in [0.05, 0.1) is 5.92 Å². The van der Waals surface area contributed by atoms with Crippen molar-refractivity contribution in [1.82, 2.24) is 10.2 Å². The highest BCUT2D eigenvalue weighted by Gasteiger charge is 2.28. The molecule has 0 atom stereocenters. The van der Waals surface area contributed by atoms with Crippen molar-refractivity contribution in [2.75, 3.05) is 13.1 Å². The molecule has 98 valence electrons. The van der Waals surface area contributed by atoms with E-state index in [2.05, 4.69) is 5.32 Å². The first-order valence-electron chi connectivity index (χ1n) is 6.15. The summed E-state index contributed by atoms with van der Waals surface area (Å²) in [6.45, 7) is 7.05. The monoisotopic (exact) mass is 242 g/mol. The normalized spacial score (nSPS) is 17.9. The SMILES string of the molecule is CCC(C)(C)NC(=O)N1CCC(C(=O)O)CC1. The minimum absolute atomic E-state index is 0.0827. The molecule has 1 saturated heterocycles. The van der Waals surface area contributed by atoms with Crippen molar-refractivity contribution in [3.63, 3.8) is 0 Å². The van der Waals surface area contributed by atoms with E-state index in [1.54, 1.807) is 4.90 Å². The molecule has 1 fully saturated rings. The van der Waals surface area contributed by atoms with Crippen molar-refractivity contribution < 1.29 is 14.7 Å². The van der Waals surface area contributed by atoms with Gasteiger partial charge >= 0.3 is 12.0 Å². The summed E-state index contributed by atoms with van der Waals surface area (Å²) in [7, 11) is 0. The Morgan fingerprint density at radius 2 is 1.88 bits per heavy atom. The van der Waals surface area contributed by atoms with Crippen LogP contribution in [-0.4, -0.2) is 40.6 Å².